The van der Waals surface area contributed by atoms with Crippen LogP contribution in [-0.2, 0) is 50.1 Å². The monoisotopic (exact) mass is 980 g/mol. The molecule has 0 saturated carbocycles. The lowest BCUT2D eigenvalue weighted by Gasteiger charge is -2.36. The molecule has 2 aromatic carbocycles. The van der Waals surface area contributed by atoms with Gasteiger partial charge in [0.2, 0.25) is 0 Å². The number of hydrogen-bond donors (Lipinski definition) is 1. The standard InChI is InChI=1S/C13H19NO9P2.C7H4ClNO4.C7H10N2.C6H16O7P2/c1-13(24(4,18)20-2,25(5,19)21-3)23-12(15)22-11-8-6-10(7-9-11)14(16)17;8-7(10)13-6-3-1-5(2-4-6)9(11)12;1-9(2)7-3-5-8-6-4-7;1-6(7,14(8,10-2)11-3)15(9,12-4)13-5/h6-9H,1-5H3;1-4H;3-6H,1-2H3;7H,1-5H3. The lowest BCUT2D eigenvalue weighted by atomic mass is 10.3. The molecule has 1 heterocycles. The highest BCUT2D eigenvalue weighted by Crippen LogP contribution is 2.75. The third-order valence-corrected chi connectivity index (χ3v) is 20.5. The molecule has 1 N–H and O–H groups in total. The Kier molecular flexibility index (Phi) is 23.5. The SMILES string of the molecule is CN(C)c1ccncc1.COP(=O)(OC)C(C)(O)P(=O)(OC)OC.COP(C)(=O)C(C)(OC(=O)Oc1ccc([N+](=O)[O-])cc1)P(C)(=O)OC.O=C(Cl)Oc1ccc([N+](=O)[O-])cc1. The van der Waals surface area contributed by atoms with Crippen LogP contribution in [0.4, 0.5) is 26.7 Å². The van der Waals surface area contributed by atoms with Crippen molar-refractivity contribution in [3.63, 3.8) is 0 Å². The van der Waals surface area contributed by atoms with Gasteiger partial charge in [0.15, 0.2) is 0 Å². The van der Waals surface area contributed by atoms with Gasteiger partial charge in [-0.1, -0.05) is 0 Å². The maximum atomic E-state index is 12.6. The minimum atomic E-state index is -4.00. The summed E-state index contributed by atoms with van der Waals surface area (Å²) >= 11 is 4.92. The Labute approximate surface area is 362 Å². The van der Waals surface area contributed by atoms with Gasteiger partial charge < -0.3 is 51.4 Å². The molecule has 0 saturated heterocycles. The number of pyridine rings is 1. The summed E-state index contributed by atoms with van der Waals surface area (Å²) in [7, 11) is -4.90. The van der Waals surface area contributed by atoms with Crippen molar-refractivity contribution in [1.29, 1.82) is 0 Å². The summed E-state index contributed by atoms with van der Waals surface area (Å²) in [6.45, 7) is 4.48. The normalized spacial score (nSPS) is 14.1. The van der Waals surface area contributed by atoms with Crippen LogP contribution in [0, 0.1) is 20.2 Å². The van der Waals surface area contributed by atoms with E-state index in [2.05, 4.69) is 27.8 Å². The van der Waals surface area contributed by atoms with Gasteiger partial charge in [-0.05, 0) is 50.2 Å². The Morgan fingerprint density at radius 3 is 1.26 bits per heavy atom. The Morgan fingerprint density at radius 1 is 0.661 bits per heavy atom. The second-order valence-corrected chi connectivity index (χ2v) is 24.1. The number of aliphatic hydroxyl groups is 1. The van der Waals surface area contributed by atoms with E-state index in [-0.39, 0.29) is 22.9 Å². The number of nitro benzene ring substituents is 2. The molecule has 0 amide bonds. The van der Waals surface area contributed by atoms with Crippen LogP contribution in [-0.4, -0.2) is 112 Å². The summed E-state index contributed by atoms with van der Waals surface area (Å²) in [6.07, 6.45) is 2.26. The molecule has 0 aliphatic carbocycles. The van der Waals surface area contributed by atoms with E-state index in [1.54, 1.807) is 12.4 Å². The third kappa shape index (κ3) is 15.9. The number of halogens is 1. The van der Waals surface area contributed by atoms with Crippen molar-refractivity contribution in [2.75, 3.05) is 75.0 Å². The molecule has 0 bridgehead atoms. The molecule has 2 atom stereocenters. The van der Waals surface area contributed by atoms with Crippen molar-refractivity contribution >= 4 is 70.2 Å². The topological polar surface area (TPSA) is 308 Å². The van der Waals surface area contributed by atoms with Crippen LogP contribution in [0.1, 0.15) is 13.8 Å². The lowest BCUT2D eigenvalue weighted by Crippen LogP contribution is -2.33. The van der Waals surface area contributed by atoms with Gasteiger partial charge in [-0.25, -0.2) is 9.59 Å². The van der Waals surface area contributed by atoms with Crippen LogP contribution in [0.5, 0.6) is 11.5 Å². The molecule has 3 rings (SSSR count). The first-order valence-electron chi connectivity index (χ1n) is 16.8. The van der Waals surface area contributed by atoms with Crippen molar-refractivity contribution < 1.29 is 84.2 Å². The number of anilines is 1. The first-order valence-corrected chi connectivity index (χ1v) is 24.4. The number of hydrogen-bond acceptors (Lipinski definition) is 22. The van der Waals surface area contributed by atoms with Crippen LogP contribution in [0.25, 0.3) is 0 Å². The van der Waals surface area contributed by atoms with Crippen molar-refractivity contribution in [2.45, 2.75) is 24.0 Å². The molecule has 29 heteroatoms. The highest BCUT2D eigenvalue weighted by atomic mass is 35.5. The Balaban J connectivity index is 0.000000859. The van der Waals surface area contributed by atoms with Crippen molar-refractivity contribution in [1.82, 2.24) is 4.98 Å². The number of carbonyl (C=O) groups excluding carboxylic acids is 2. The quantitative estimate of drug-likeness (QED) is 0.0349. The number of nitrogens with zero attached hydrogens (tertiary/aromatic N) is 4. The van der Waals surface area contributed by atoms with E-state index in [1.165, 1.54) is 49.0 Å². The fourth-order valence-corrected chi connectivity index (χ4v) is 12.3. The number of ether oxygens (including phenoxy) is 3. The fourth-order valence-electron chi connectivity index (χ4n) is 4.11. The van der Waals surface area contributed by atoms with Gasteiger partial charge in [0.05, 0.1) is 9.85 Å². The second-order valence-electron chi connectivity index (χ2n) is 12.1. The molecule has 62 heavy (non-hydrogen) atoms. The predicted octanol–water partition coefficient (Wildman–Crippen LogP) is 9.00. The maximum Gasteiger partial charge on any atom is 0.515 e. The van der Waals surface area contributed by atoms with Crippen LogP contribution in [0.15, 0.2) is 73.1 Å². The summed E-state index contributed by atoms with van der Waals surface area (Å²) in [6, 6.07) is 13.6. The van der Waals surface area contributed by atoms with Gasteiger partial charge >= 0.3 is 26.8 Å². The first-order chi connectivity index (χ1) is 28.5. The van der Waals surface area contributed by atoms with Crippen molar-refractivity contribution in [2.24, 2.45) is 0 Å². The molecule has 0 spiro atoms. The van der Waals surface area contributed by atoms with E-state index in [1.807, 2.05) is 31.1 Å². The van der Waals surface area contributed by atoms with E-state index >= 15 is 0 Å². The van der Waals surface area contributed by atoms with E-state index in [9.17, 15) is 53.2 Å². The molecular weight excluding hydrogens is 932 g/mol. The Morgan fingerprint density at radius 2 is 1.00 bits per heavy atom. The minimum absolute atomic E-state index is 0.0512. The van der Waals surface area contributed by atoms with E-state index < -0.39 is 61.5 Å². The number of aromatic nitrogens is 1. The zero-order valence-electron chi connectivity index (χ0n) is 35.6. The molecular formula is C33H49ClN4O20P4. The van der Waals surface area contributed by atoms with Gasteiger partial charge in [0, 0.05) is 124 Å². The van der Waals surface area contributed by atoms with Gasteiger partial charge in [-0.3, -0.25) is 43.5 Å². The average molecular weight is 981 g/mol. The molecule has 0 radical (unpaired) electrons. The largest absolute Gasteiger partial charge is 0.515 e. The third-order valence-electron chi connectivity index (χ3n) is 8.15. The fraction of sp³-hybridized carbons (Fsp3) is 0.424. The summed E-state index contributed by atoms with van der Waals surface area (Å²) < 4.78 is 91.5. The van der Waals surface area contributed by atoms with Crippen LogP contribution >= 0.6 is 41.5 Å². The molecule has 2 unspecified atom stereocenters. The van der Waals surface area contributed by atoms with Gasteiger partial charge in [-0.2, -0.15) is 0 Å². The molecule has 348 valence electrons. The Bertz CT molecular complexity index is 2060. The summed E-state index contributed by atoms with van der Waals surface area (Å²) in [4.78, 5) is 47.9. The first kappa shape index (κ1) is 57.9. The summed E-state index contributed by atoms with van der Waals surface area (Å²) in [5.41, 5.74) is -0.0614. The number of rotatable bonds is 16. The van der Waals surface area contributed by atoms with Gasteiger partial charge in [-0.15, -0.1) is 0 Å². The van der Waals surface area contributed by atoms with Crippen LogP contribution in [0.3, 0.4) is 0 Å². The molecule has 24 nitrogen and oxygen atoms in total. The minimum Gasteiger partial charge on any atom is -0.414 e. The number of benzene rings is 2. The van der Waals surface area contributed by atoms with Crippen LogP contribution < -0.4 is 14.4 Å². The molecule has 0 aliphatic heterocycles. The van der Waals surface area contributed by atoms with Crippen molar-refractivity contribution in [3.05, 3.63) is 93.3 Å². The smallest absolute Gasteiger partial charge is 0.414 e. The highest BCUT2D eigenvalue weighted by Gasteiger charge is 2.60. The lowest BCUT2D eigenvalue weighted by molar-refractivity contribution is -0.385. The summed E-state index contributed by atoms with van der Waals surface area (Å²) in [5, 5.41) is 26.3. The maximum absolute atomic E-state index is 12.6. The molecule has 0 aliphatic rings. The number of non-ortho nitro benzene ring substituents is 2. The number of nitro groups is 2. The van der Waals surface area contributed by atoms with E-state index in [0.717, 1.165) is 75.0 Å². The molecule has 1 aromatic heterocycles. The number of carbonyl (C=O) groups is 2. The second kappa shape index (κ2) is 25.2. The highest BCUT2D eigenvalue weighted by molar-refractivity contribution is 7.77. The van der Waals surface area contributed by atoms with Crippen molar-refractivity contribution in [3.8, 4) is 11.5 Å². The van der Waals surface area contributed by atoms with Crippen LogP contribution in [0.2, 0.25) is 0 Å². The Hall–Kier alpha value is -4.14. The van der Waals surface area contributed by atoms with E-state index in [4.69, 9.17) is 30.1 Å². The van der Waals surface area contributed by atoms with E-state index in [0.29, 0.717) is 0 Å². The zero-order chi connectivity index (χ0) is 48.3. The molecule has 0 fully saturated rings. The average Bonchev–Trinajstić information content (AvgIpc) is 3.23. The predicted molar refractivity (Wildman–Crippen MR) is 227 cm³/mol. The zero-order valence-corrected chi connectivity index (χ0v) is 39.9. The molecule has 3 aromatic rings. The summed E-state index contributed by atoms with van der Waals surface area (Å²) in [5.74, 6) is 0.121. The van der Waals surface area contributed by atoms with Gasteiger partial charge in [0.25, 0.3) is 36.3 Å². The van der Waals surface area contributed by atoms with Gasteiger partial charge in [0.1, 0.15) is 11.5 Å².